The van der Waals surface area contributed by atoms with E-state index in [0.29, 0.717) is 11.0 Å². The van der Waals surface area contributed by atoms with Crippen LogP contribution >= 0.6 is 15.9 Å². The van der Waals surface area contributed by atoms with Gasteiger partial charge in [-0.25, -0.2) is 4.98 Å². The summed E-state index contributed by atoms with van der Waals surface area (Å²) in [6, 6.07) is 3.64. The first-order valence-electron chi connectivity index (χ1n) is 5.64. The summed E-state index contributed by atoms with van der Waals surface area (Å²) in [7, 11) is 0. The molecular weight excluding hydrogens is 268 g/mol. The van der Waals surface area contributed by atoms with Crippen molar-refractivity contribution in [3.05, 3.63) is 22.9 Å². The van der Waals surface area contributed by atoms with Crippen LogP contribution in [0.1, 0.15) is 39.0 Å². The summed E-state index contributed by atoms with van der Waals surface area (Å²) in [5, 5.41) is 2.84. The third kappa shape index (κ3) is 4.75. The minimum atomic E-state index is 0.0600. The summed E-state index contributed by atoms with van der Waals surface area (Å²) < 4.78 is 0.678. The lowest BCUT2D eigenvalue weighted by Crippen LogP contribution is -2.11. The van der Waals surface area contributed by atoms with Crippen LogP contribution in [0.4, 0.5) is 5.69 Å². The summed E-state index contributed by atoms with van der Waals surface area (Å²) in [5.74, 6) is 0.0600. The lowest BCUT2D eigenvalue weighted by Gasteiger charge is -2.05. The predicted octanol–water partition coefficient (Wildman–Crippen LogP) is 3.75. The third-order valence-electron chi connectivity index (χ3n) is 2.29. The van der Waals surface area contributed by atoms with E-state index in [0.717, 1.165) is 18.5 Å². The molecule has 0 bridgehead atoms. The fraction of sp³-hybridized carbons (Fsp3) is 0.500. The zero-order valence-electron chi connectivity index (χ0n) is 9.50. The first kappa shape index (κ1) is 13.2. The van der Waals surface area contributed by atoms with Crippen molar-refractivity contribution < 1.29 is 4.79 Å². The van der Waals surface area contributed by atoms with Crippen molar-refractivity contribution >= 4 is 27.5 Å². The molecule has 16 heavy (non-hydrogen) atoms. The lowest BCUT2D eigenvalue weighted by molar-refractivity contribution is -0.116. The number of halogens is 1. The summed E-state index contributed by atoms with van der Waals surface area (Å²) in [6.45, 7) is 2.16. The molecule has 0 aliphatic carbocycles. The van der Waals surface area contributed by atoms with Crippen LogP contribution < -0.4 is 5.32 Å². The van der Waals surface area contributed by atoms with Gasteiger partial charge in [0.05, 0.1) is 5.69 Å². The Bertz CT molecular complexity index is 342. The van der Waals surface area contributed by atoms with E-state index in [4.69, 9.17) is 0 Å². The zero-order valence-corrected chi connectivity index (χ0v) is 11.1. The molecule has 1 heterocycles. The summed E-state index contributed by atoms with van der Waals surface area (Å²) in [5.41, 5.74) is 0.739. The molecule has 4 heteroatoms. The van der Waals surface area contributed by atoms with Crippen LogP contribution in [0.15, 0.2) is 22.9 Å². The van der Waals surface area contributed by atoms with Gasteiger partial charge in [-0.2, -0.15) is 0 Å². The molecule has 1 N–H and O–H groups in total. The van der Waals surface area contributed by atoms with Crippen LogP contribution in [0.5, 0.6) is 0 Å². The van der Waals surface area contributed by atoms with Crippen LogP contribution in [0, 0.1) is 0 Å². The Morgan fingerprint density at radius 3 is 2.94 bits per heavy atom. The fourth-order valence-corrected chi connectivity index (χ4v) is 1.75. The zero-order chi connectivity index (χ0) is 11.8. The van der Waals surface area contributed by atoms with Gasteiger partial charge in [-0.1, -0.05) is 26.2 Å². The molecule has 0 saturated carbocycles. The Morgan fingerprint density at radius 2 is 2.25 bits per heavy atom. The van der Waals surface area contributed by atoms with E-state index >= 15 is 0 Å². The lowest BCUT2D eigenvalue weighted by atomic mass is 10.1. The highest BCUT2D eigenvalue weighted by atomic mass is 79.9. The largest absolute Gasteiger partial charge is 0.324 e. The molecule has 0 unspecified atom stereocenters. The van der Waals surface area contributed by atoms with Crippen molar-refractivity contribution in [1.82, 2.24) is 4.98 Å². The second-order valence-electron chi connectivity index (χ2n) is 3.70. The van der Waals surface area contributed by atoms with Crippen LogP contribution in [-0.2, 0) is 4.79 Å². The molecule has 0 aromatic carbocycles. The monoisotopic (exact) mass is 284 g/mol. The van der Waals surface area contributed by atoms with Crippen molar-refractivity contribution in [2.24, 2.45) is 0 Å². The van der Waals surface area contributed by atoms with E-state index in [9.17, 15) is 4.79 Å². The number of unbranched alkanes of at least 4 members (excludes halogenated alkanes) is 3. The molecule has 0 fully saturated rings. The second kappa shape index (κ2) is 7.39. The van der Waals surface area contributed by atoms with Crippen molar-refractivity contribution in [2.75, 3.05) is 5.32 Å². The molecule has 0 spiro atoms. The Hall–Kier alpha value is -0.900. The Balaban J connectivity index is 2.32. The van der Waals surface area contributed by atoms with Crippen LogP contribution in [0.25, 0.3) is 0 Å². The second-order valence-corrected chi connectivity index (χ2v) is 4.45. The molecule has 0 aliphatic rings. The van der Waals surface area contributed by atoms with Gasteiger partial charge in [-0.3, -0.25) is 4.79 Å². The number of aromatic nitrogens is 1. The van der Waals surface area contributed by atoms with Gasteiger partial charge in [0, 0.05) is 12.6 Å². The van der Waals surface area contributed by atoms with Crippen molar-refractivity contribution in [2.45, 2.75) is 39.0 Å². The average Bonchev–Trinajstić information content (AvgIpc) is 2.28. The molecule has 0 saturated heterocycles. The van der Waals surface area contributed by atoms with Crippen molar-refractivity contribution in [3.63, 3.8) is 0 Å². The predicted molar refractivity (Wildman–Crippen MR) is 69.3 cm³/mol. The Morgan fingerprint density at radius 1 is 1.44 bits per heavy atom. The van der Waals surface area contributed by atoms with Gasteiger partial charge in [-0.15, -0.1) is 0 Å². The Labute approximate surface area is 105 Å². The number of nitrogens with one attached hydrogen (secondary N) is 1. The maximum absolute atomic E-state index is 11.6. The van der Waals surface area contributed by atoms with Crippen LogP contribution in [-0.4, -0.2) is 10.9 Å². The molecule has 0 atom stereocenters. The van der Waals surface area contributed by atoms with E-state index in [1.165, 1.54) is 12.8 Å². The quantitative estimate of drug-likeness (QED) is 0.639. The number of carbonyl (C=O) groups excluding carboxylic acids is 1. The summed E-state index contributed by atoms with van der Waals surface area (Å²) in [6.07, 6.45) is 6.73. The smallest absolute Gasteiger partial charge is 0.224 e. The van der Waals surface area contributed by atoms with Crippen LogP contribution in [0.3, 0.4) is 0 Å². The fourth-order valence-electron chi connectivity index (χ4n) is 1.40. The number of nitrogens with zero attached hydrogens (tertiary/aromatic N) is 1. The maximum Gasteiger partial charge on any atom is 0.224 e. The van der Waals surface area contributed by atoms with E-state index in [2.05, 4.69) is 33.2 Å². The molecule has 88 valence electrons. The molecular formula is C12H17BrN2O. The molecule has 0 radical (unpaired) electrons. The number of pyridine rings is 1. The molecule has 1 amide bonds. The van der Waals surface area contributed by atoms with Gasteiger partial charge in [-0.05, 0) is 34.5 Å². The number of rotatable bonds is 6. The van der Waals surface area contributed by atoms with E-state index in [-0.39, 0.29) is 5.91 Å². The highest BCUT2D eigenvalue weighted by molar-refractivity contribution is 9.10. The van der Waals surface area contributed by atoms with Crippen molar-refractivity contribution in [3.8, 4) is 0 Å². The van der Waals surface area contributed by atoms with Crippen LogP contribution in [0.2, 0.25) is 0 Å². The molecule has 1 aromatic rings. The van der Waals surface area contributed by atoms with Gasteiger partial charge in [0.2, 0.25) is 5.91 Å². The van der Waals surface area contributed by atoms with E-state index in [1.54, 1.807) is 12.3 Å². The molecule has 0 aliphatic heterocycles. The first-order valence-corrected chi connectivity index (χ1v) is 6.43. The standard InChI is InChI=1S/C12H17BrN2O/c1-2-3-4-5-8-11(16)15-10-7-6-9-14-12(10)13/h6-7,9H,2-5,8H2,1H3,(H,15,16). The SMILES string of the molecule is CCCCCCC(=O)Nc1cccnc1Br. The molecule has 3 nitrogen and oxygen atoms in total. The summed E-state index contributed by atoms with van der Waals surface area (Å²) in [4.78, 5) is 15.6. The van der Waals surface area contributed by atoms with Gasteiger partial charge in [0.25, 0.3) is 0 Å². The van der Waals surface area contributed by atoms with Gasteiger partial charge in [0.15, 0.2) is 0 Å². The molecule has 1 aromatic heterocycles. The van der Waals surface area contributed by atoms with E-state index < -0.39 is 0 Å². The molecule has 1 rings (SSSR count). The highest BCUT2D eigenvalue weighted by Crippen LogP contribution is 2.18. The minimum Gasteiger partial charge on any atom is -0.324 e. The van der Waals surface area contributed by atoms with Gasteiger partial charge < -0.3 is 5.32 Å². The van der Waals surface area contributed by atoms with Gasteiger partial charge >= 0.3 is 0 Å². The van der Waals surface area contributed by atoms with Gasteiger partial charge in [0.1, 0.15) is 4.60 Å². The number of amides is 1. The van der Waals surface area contributed by atoms with Crippen molar-refractivity contribution in [1.29, 1.82) is 0 Å². The van der Waals surface area contributed by atoms with E-state index in [1.807, 2.05) is 6.07 Å². The first-order chi connectivity index (χ1) is 7.74. The summed E-state index contributed by atoms with van der Waals surface area (Å²) >= 11 is 3.29. The number of anilines is 1. The normalized spacial score (nSPS) is 10.1. The maximum atomic E-state index is 11.6. The third-order valence-corrected chi connectivity index (χ3v) is 2.92. The average molecular weight is 285 g/mol. The minimum absolute atomic E-state index is 0.0600. The topological polar surface area (TPSA) is 42.0 Å². The highest BCUT2D eigenvalue weighted by Gasteiger charge is 2.04. The number of hydrogen-bond acceptors (Lipinski definition) is 2. The number of hydrogen-bond donors (Lipinski definition) is 1. The Kier molecular flexibility index (Phi) is 6.08. The number of carbonyl (C=O) groups is 1.